The summed E-state index contributed by atoms with van der Waals surface area (Å²) in [6, 6.07) is 11.0. The van der Waals surface area contributed by atoms with Crippen LogP contribution in [0.5, 0.6) is 0 Å². The van der Waals surface area contributed by atoms with E-state index in [4.69, 9.17) is 4.74 Å². The van der Waals surface area contributed by atoms with Gasteiger partial charge < -0.3 is 9.64 Å². The molecule has 2 fully saturated rings. The molecule has 3 heteroatoms. The minimum absolute atomic E-state index is 0.205. The van der Waals surface area contributed by atoms with Crippen LogP contribution in [0.1, 0.15) is 37.7 Å². The van der Waals surface area contributed by atoms with Gasteiger partial charge >= 0.3 is 0 Å². The van der Waals surface area contributed by atoms with Crippen molar-refractivity contribution in [2.24, 2.45) is 5.92 Å². The fraction of sp³-hybridized carbons (Fsp3) is 0.611. The van der Waals surface area contributed by atoms with Crippen LogP contribution in [0, 0.1) is 5.92 Å². The molecule has 1 amide bonds. The standard InChI is InChI=1S/C18H25NO2/c20-18(16-10-13-21-14-11-16)19-12-4-7-17(19)9-8-15-5-2-1-3-6-15/h1-3,5-6,16-17H,4,7-14H2. The van der Waals surface area contributed by atoms with Crippen molar-refractivity contribution in [3.05, 3.63) is 35.9 Å². The minimum atomic E-state index is 0.205. The summed E-state index contributed by atoms with van der Waals surface area (Å²) >= 11 is 0. The van der Waals surface area contributed by atoms with Crippen LogP contribution in [0.4, 0.5) is 0 Å². The number of amides is 1. The van der Waals surface area contributed by atoms with Gasteiger partial charge in [-0.3, -0.25) is 4.79 Å². The Morgan fingerprint density at radius 1 is 1.14 bits per heavy atom. The highest BCUT2D eigenvalue weighted by molar-refractivity contribution is 5.79. The molecule has 1 aromatic rings. The number of likely N-dealkylation sites (tertiary alicyclic amines) is 1. The molecule has 2 aliphatic rings. The van der Waals surface area contributed by atoms with Crippen molar-refractivity contribution in [2.45, 2.75) is 44.6 Å². The van der Waals surface area contributed by atoms with E-state index < -0.39 is 0 Å². The van der Waals surface area contributed by atoms with Crippen LogP contribution in [0.3, 0.4) is 0 Å². The van der Waals surface area contributed by atoms with Gasteiger partial charge in [0.15, 0.2) is 0 Å². The van der Waals surface area contributed by atoms with E-state index >= 15 is 0 Å². The van der Waals surface area contributed by atoms with Crippen LogP contribution in [0.25, 0.3) is 0 Å². The van der Waals surface area contributed by atoms with Crippen LogP contribution in [-0.4, -0.2) is 36.6 Å². The number of nitrogens with zero attached hydrogens (tertiary/aromatic N) is 1. The fourth-order valence-corrected chi connectivity index (χ4v) is 3.58. The largest absolute Gasteiger partial charge is 0.381 e. The second-order valence-corrected chi connectivity index (χ2v) is 6.24. The van der Waals surface area contributed by atoms with Crippen molar-refractivity contribution in [3.63, 3.8) is 0 Å². The van der Waals surface area contributed by atoms with Gasteiger partial charge in [-0.2, -0.15) is 0 Å². The van der Waals surface area contributed by atoms with E-state index in [0.717, 1.165) is 51.9 Å². The molecular formula is C18H25NO2. The van der Waals surface area contributed by atoms with E-state index in [1.54, 1.807) is 0 Å². The molecule has 1 aromatic carbocycles. The Kier molecular flexibility index (Phi) is 4.91. The summed E-state index contributed by atoms with van der Waals surface area (Å²) in [4.78, 5) is 14.9. The van der Waals surface area contributed by atoms with Crippen molar-refractivity contribution >= 4 is 5.91 Å². The maximum Gasteiger partial charge on any atom is 0.226 e. The van der Waals surface area contributed by atoms with Crippen molar-refractivity contribution in [1.82, 2.24) is 4.90 Å². The maximum atomic E-state index is 12.7. The predicted molar refractivity (Wildman–Crippen MR) is 83.0 cm³/mol. The molecule has 0 radical (unpaired) electrons. The summed E-state index contributed by atoms with van der Waals surface area (Å²) in [5, 5.41) is 0. The van der Waals surface area contributed by atoms with Crippen molar-refractivity contribution in [2.75, 3.05) is 19.8 Å². The maximum absolute atomic E-state index is 12.7. The summed E-state index contributed by atoms with van der Waals surface area (Å²) in [5.74, 6) is 0.588. The SMILES string of the molecule is O=C(C1CCOCC1)N1CCCC1CCc1ccccc1. The topological polar surface area (TPSA) is 29.5 Å². The van der Waals surface area contributed by atoms with Gasteiger partial charge in [-0.15, -0.1) is 0 Å². The lowest BCUT2D eigenvalue weighted by Gasteiger charge is -2.30. The minimum Gasteiger partial charge on any atom is -0.381 e. The van der Waals surface area contributed by atoms with Gasteiger partial charge in [0.25, 0.3) is 0 Å². The van der Waals surface area contributed by atoms with Crippen molar-refractivity contribution < 1.29 is 9.53 Å². The first-order chi connectivity index (χ1) is 10.3. The van der Waals surface area contributed by atoms with E-state index in [1.807, 2.05) is 0 Å². The Hall–Kier alpha value is -1.35. The number of aryl methyl sites for hydroxylation is 1. The monoisotopic (exact) mass is 287 g/mol. The molecule has 0 bridgehead atoms. The highest BCUT2D eigenvalue weighted by Gasteiger charge is 2.33. The molecule has 0 aromatic heterocycles. The number of rotatable bonds is 4. The summed E-state index contributed by atoms with van der Waals surface area (Å²) in [7, 11) is 0. The first-order valence-corrected chi connectivity index (χ1v) is 8.27. The number of benzene rings is 1. The highest BCUT2D eigenvalue weighted by Crippen LogP contribution is 2.26. The van der Waals surface area contributed by atoms with Crippen molar-refractivity contribution in [3.8, 4) is 0 Å². The van der Waals surface area contributed by atoms with Crippen LogP contribution in [0.15, 0.2) is 30.3 Å². The molecule has 114 valence electrons. The third kappa shape index (κ3) is 3.65. The Balaban J connectivity index is 1.56. The summed E-state index contributed by atoms with van der Waals surface area (Å²) in [6.07, 6.45) is 6.31. The lowest BCUT2D eigenvalue weighted by molar-refractivity contribution is -0.139. The van der Waals surface area contributed by atoms with Crippen LogP contribution >= 0.6 is 0 Å². The fourth-order valence-electron chi connectivity index (χ4n) is 3.58. The van der Waals surface area contributed by atoms with Gasteiger partial charge in [-0.25, -0.2) is 0 Å². The molecule has 1 atom stereocenters. The zero-order chi connectivity index (χ0) is 14.5. The Bertz CT molecular complexity index is 454. The number of hydrogen-bond acceptors (Lipinski definition) is 2. The van der Waals surface area contributed by atoms with Gasteiger partial charge in [0, 0.05) is 31.7 Å². The van der Waals surface area contributed by atoms with Gasteiger partial charge in [0.1, 0.15) is 0 Å². The average Bonchev–Trinajstić information content (AvgIpc) is 3.02. The van der Waals surface area contributed by atoms with Gasteiger partial charge in [0.05, 0.1) is 0 Å². The van der Waals surface area contributed by atoms with E-state index in [-0.39, 0.29) is 5.92 Å². The lowest BCUT2D eigenvalue weighted by atomic mass is 9.97. The van der Waals surface area contributed by atoms with Crippen LogP contribution < -0.4 is 0 Å². The molecule has 1 unspecified atom stereocenters. The molecule has 0 saturated carbocycles. The molecule has 2 aliphatic heterocycles. The predicted octanol–water partition coefficient (Wildman–Crippen LogP) is 3.04. The van der Waals surface area contributed by atoms with Crippen LogP contribution in [-0.2, 0) is 16.0 Å². The van der Waals surface area contributed by atoms with Crippen LogP contribution in [0.2, 0.25) is 0 Å². The molecule has 0 aliphatic carbocycles. The molecule has 21 heavy (non-hydrogen) atoms. The smallest absolute Gasteiger partial charge is 0.226 e. The lowest BCUT2D eigenvalue weighted by Crippen LogP contribution is -2.41. The third-order valence-corrected chi connectivity index (χ3v) is 4.84. The van der Waals surface area contributed by atoms with Gasteiger partial charge in [0.2, 0.25) is 5.91 Å². The molecule has 2 saturated heterocycles. The van der Waals surface area contributed by atoms with E-state index in [9.17, 15) is 4.79 Å². The van der Waals surface area contributed by atoms with Gasteiger partial charge in [-0.05, 0) is 44.1 Å². The molecule has 0 spiro atoms. The highest BCUT2D eigenvalue weighted by atomic mass is 16.5. The quantitative estimate of drug-likeness (QED) is 0.852. The molecule has 3 nitrogen and oxygen atoms in total. The zero-order valence-corrected chi connectivity index (χ0v) is 12.7. The summed E-state index contributed by atoms with van der Waals surface area (Å²) in [5.41, 5.74) is 1.38. The second-order valence-electron chi connectivity index (χ2n) is 6.24. The zero-order valence-electron chi connectivity index (χ0n) is 12.7. The number of carbonyl (C=O) groups excluding carboxylic acids is 1. The average molecular weight is 287 g/mol. The first kappa shape index (κ1) is 14.6. The Morgan fingerprint density at radius 3 is 2.67 bits per heavy atom. The second kappa shape index (κ2) is 7.08. The summed E-state index contributed by atoms with van der Waals surface area (Å²) < 4.78 is 5.37. The Labute approximate surface area is 127 Å². The number of hydrogen-bond donors (Lipinski definition) is 0. The molecule has 0 N–H and O–H groups in total. The Morgan fingerprint density at radius 2 is 1.90 bits per heavy atom. The van der Waals surface area contributed by atoms with E-state index in [2.05, 4.69) is 35.2 Å². The number of ether oxygens (including phenoxy) is 1. The third-order valence-electron chi connectivity index (χ3n) is 4.84. The molecule has 3 rings (SSSR count). The van der Waals surface area contributed by atoms with E-state index in [0.29, 0.717) is 11.9 Å². The van der Waals surface area contributed by atoms with Crippen molar-refractivity contribution in [1.29, 1.82) is 0 Å². The molecular weight excluding hydrogens is 262 g/mol. The first-order valence-electron chi connectivity index (χ1n) is 8.27. The number of carbonyl (C=O) groups is 1. The normalized spacial score (nSPS) is 23.4. The molecule has 2 heterocycles. The summed E-state index contributed by atoms with van der Waals surface area (Å²) in [6.45, 7) is 2.45. The van der Waals surface area contributed by atoms with E-state index in [1.165, 1.54) is 12.0 Å². The van der Waals surface area contributed by atoms with Gasteiger partial charge in [-0.1, -0.05) is 30.3 Å².